The molecule has 4 aromatic rings. The first kappa shape index (κ1) is 24.6. The second-order valence-electron chi connectivity index (χ2n) is 9.84. The van der Waals surface area contributed by atoms with E-state index in [9.17, 15) is 4.79 Å². The maximum absolute atomic E-state index is 13.1. The number of fused-ring (bicyclic) bond motifs is 1. The molecule has 0 saturated carbocycles. The summed E-state index contributed by atoms with van der Waals surface area (Å²) in [5.74, 6) is 1.58. The Labute approximate surface area is 205 Å². The topological polar surface area (TPSA) is 88.9 Å². The predicted octanol–water partition coefficient (Wildman–Crippen LogP) is 4.49. The predicted molar refractivity (Wildman–Crippen MR) is 137 cm³/mol. The van der Waals surface area contributed by atoms with Gasteiger partial charge in [0.1, 0.15) is 5.75 Å². The summed E-state index contributed by atoms with van der Waals surface area (Å²) in [5, 5.41) is 13.6. The van der Waals surface area contributed by atoms with E-state index in [2.05, 4.69) is 65.2 Å². The smallest absolute Gasteiger partial charge is 0.252 e. The molecule has 0 radical (unpaired) electrons. The Morgan fingerprint density at radius 1 is 1.06 bits per heavy atom. The molecule has 184 valence electrons. The van der Waals surface area contributed by atoms with E-state index in [0.717, 1.165) is 40.0 Å². The van der Waals surface area contributed by atoms with E-state index in [4.69, 9.17) is 4.74 Å². The highest BCUT2D eigenvalue weighted by molar-refractivity contribution is 5.82. The Kier molecular flexibility index (Phi) is 7.03. The van der Waals surface area contributed by atoms with Crippen LogP contribution in [0.3, 0.4) is 0 Å². The van der Waals surface area contributed by atoms with Crippen molar-refractivity contribution in [2.45, 2.75) is 66.2 Å². The van der Waals surface area contributed by atoms with Crippen LogP contribution in [0, 0.1) is 13.8 Å². The van der Waals surface area contributed by atoms with E-state index in [1.807, 2.05) is 41.9 Å². The quantitative estimate of drug-likeness (QED) is 0.385. The first-order valence-electron chi connectivity index (χ1n) is 12.0. The van der Waals surface area contributed by atoms with Gasteiger partial charge in [-0.25, -0.2) is 4.68 Å². The number of aryl methyl sites for hydroxylation is 2. The molecule has 0 spiro atoms. The van der Waals surface area contributed by atoms with Gasteiger partial charge in [0, 0.05) is 18.7 Å². The van der Waals surface area contributed by atoms with Crippen LogP contribution in [0.25, 0.3) is 10.9 Å². The minimum Gasteiger partial charge on any atom is -0.497 e. The van der Waals surface area contributed by atoms with E-state index in [1.165, 1.54) is 5.56 Å². The molecule has 0 fully saturated rings. The van der Waals surface area contributed by atoms with E-state index < -0.39 is 0 Å². The van der Waals surface area contributed by atoms with E-state index >= 15 is 0 Å². The number of tetrazole rings is 1. The number of H-pyrrole nitrogens is 1. The van der Waals surface area contributed by atoms with Crippen LogP contribution in [0.5, 0.6) is 5.75 Å². The minimum atomic E-state index is -0.208. The van der Waals surface area contributed by atoms with Gasteiger partial charge in [-0.15, -0.1) is 5.10 Å². The molecule has 2 heterocycles. The SMILES string of the molecule is CCC(C)(C)n1nnnc1CN(Cc1ccc(OC)cc1)Cc1cc2cc(C)cc(C)c2[nH]c1=O. The average molecular weight is 475 g/mol. The molecule has 8 heteroatoms. The summed E-state index contributed by atoms with van der Waals surface area (Å²) in [4.78, 5) is 18.4. The van der Waals surface area contributed by atoms with Gasteiger partial charge in [0.05, 0.1) is 24.7 Å². The number of benzene rings is 2. The maximum atomic E-state index is 13.1. The number of aromatic nitrogens is 5. The highest BCUT2D eigenvalue weighted by Gasteiger charge is 2.25. The second-order valence-corrected chi connectivity index (χ2v) is 9.84. The first-order chi connectivity index (χ1) is 16.7. The van der Waals surface area contributed by atoms with Crippen molar-refractivity contribution in [3.05, 3.63) is 80.9 Å². The zero-order chi connectivity index (χ0) is 25.2. The van der Waals surface area contributed by atoms with Gasteiger partial charge in [0.15, 0.2) is 5.82 Å². The monoisotopic (exact) mass is 474 g/mol. The number of nitrogens with zero attached hydrogens (tertiary/aromatic N) is 5. The molecule has 0 bridgehead atoms. The van der Waals surface area contributed by atoms with Crippen molar-refractivity contribution >= 4 is 10.9 Å². The Balaban J connectivity index is 1.70. The zero-order valence-electron chi connectivity index (χ0n) is 21.4. The van der Waals surface area contributed by atoms with Crippen LogP contribution >= 0.6 is 0 Å². The van der Waals surface area contributed by atoms with Crippen molar-refractivity contribution in [3.63, 3.8) is 0 Å². The molecular formula is C27H34N6O2. The third-order valence-corrected chi connectivity index (χ3v) is 6.67. The summed E-state index contributed by atoms with van der Waals surface area (Å²) in [6, 6.07) is 14.2. The second kappa shape index (κ2) is 10.00. The molecule has 35 heavy (non-hydrogen) atoms. The molecular weight excluding hydrogens is 440 g/mol. The van der Waals surface area contributed by atoms with Crippen LogP contribution in [0.15, 0.2) is 47.3 Å². The highest BCUT2D eigenvalue weighted by Crippen LogP contribution is 2.23. The lowest BCUT2D eigenvalue weighted by Gasteiger charge is -2.27. The van der Waals surface area contributed by atoms with Crippen molar-refractivity contribution < 1.29 is 4.74 Å². The van der Waals surface area contributed by atoms with Crippen LogP contribution < -0.4 is 10.3 Å². The van der Waals surface area contributed by atoms with Gasteiger partial charge < -0.3 is 9.72 Å². The van der Waals surface area contributed by atoms with Crippen LogP contribution in [0.1, 0.15) is 55.3 Å². The lowest BCUT2D eigenvalue weighted by atomic mass is 10.0. The molecule has 1 N–H and O–H groups in total. The number of nitrogens with one attached hydrogen (secondary N) is 1. The van der Waals surface area contributed by atoms with Crippen molar-refractivity contribution in [2.75, 3.05) is 7.11 Å². The summed E-state index contributed by atoms with van der Waals surface area (Å²) >= 11 is 0. The van der Waals surface area contributed by atoms with Crippen molar-refractivity contribution in [2.24, 2.45) is 0 Å². The average Bonchev–Trinajstić information content (AvgIpc) is 3.29. The number of rotatable bonds is 9. The summed E-state index contributed by atoms with van der Waals surface area (Å²) in [7, 11) is 1.66. The number of methoxy groups -OCH3 is 1. The van der Waals surface area contributed by atoms with Gasteiger partial charge in [0.2, 0.25) is 0 Å². The summed E-state index contributed by atoms with van der Waals surface area (Å²) in [6.07, 6.45) is 0.895. The standard InChI is InChI=1S/C27H34N6O2/c1-7-27(4,5)33-24(29-30-31-33)17-32(15-20-8-10-23(35-6)11-9-20)16-22-14-21-13-18(2)12-19(3)25(21)28-26(22)34/h8-14H,7,15-17H2,1-6H3,(H,28,34). The first-order valence-corrected chi connectivity index (χ1v) is 12.0. The number of hydrogen-bond donors (Lipinski definition) is 1. The molecule has 4 rings (SSSR count). The normalized spacial score (nSPS) is 12.0. The Morgan fingerprint density at radius 3 is 2.49 bits per heavy atom. The minimum absolute atomic E-state index is 0.0716. The molecule has 0 aliphatic heterocycles. The molecule has 8 nitrogen and oxygen atoms in total. The largest absolute Gasteiger partial charge is 0.497 e. The lowest BCUT2D eigenvalue weighted by Crippen LogP contribution is -2.32. The lowest BCUT2D eigenvalue weighted by molar-refractivity contribution is 0.217. The number of pyridine rings is 1. The molecule has 0 atom stereocenters. The molecule has 0 amide bonds. The molecule has 2 aromatic carbocycles. The highest BCUT2D eigenvalue weighted by atomic mass is 16.5. The molecule has 2 aromatic heterocycles. The van der Waals surface area contributed by atoms with Crippen LogP contribution in [-0.2, 0) is 25.2 Å². The fraction of sp³-hybridized carbons (Fsp3) is 0.407. The summed E-state index contributed by atoms with van der Waals surface area (Å²) in [5.41, 5.74) is 4.68. The van der Waals surface area contributed by atoms with Crippen molar-refractivity contribution in [1.29, 1.82) is 0 Å². The van der Waals surface area contributed by atoms with Crippen LogP contribution in [0.4, 0.5) is 0 Å². The van der Waals surface area contributed by atoms with Gasteiger partial charge in [-0.3, -0.25) is 9.69 Å². The van der Waals surface area contributed by atoms with Gasteiger partial charge in [0.25, 0.3) is 5.56 Å². The summed E-state index contributed by atoms with van der Waals surface area (Å²) < 4.78 is 7.20. The fourth-order valence-electron chi connectivity index (χ4n) is 4.37. The molecule has 0 unspecified atom stereocenters. The van der Waals surface area contributed by atoms with Crippen molar-refractivity contribution in [1.82, 2.24) is 30.1 Å². The van der Waals surface area contributed by atoms with Gasteiger partial charge in [-0.1, -0.05) is 30.7 Å². The molecule has 0 aliphatic rings. The fourth-order valence-corrected chi connectivity index (χ4v) is 4.37. The molecule has 0 saturated heterocycles. The van der Waals surface area contributed by atoms with Crippen molar-refractivity contribution in [3.8, 4) is 5.75 Å². The Bertz CT molecular complexity index is 1370. The van der Waals surface area contributed by atoms with Crippen LogP contribution in [0.2, 0.25) is 0 Å². The third-order valence-electron chi connectivity index (χ3n) is 6.67. The van der Waals surface area contributed by atoms with Gasteiger partial charge in [-0.2, -0.15) is 0 Å². The van der Waals surface area contributed by atoms with E-state index in [-0.39, 0.29) is 11.1 Å². The van der Waals surface area contributed by atoms with E-state index in [1.54, 1.807) is 7.11 Å². The van der Waals surface area contributed by atoms with Gasteiger partial charge >= 0.3 is 0 Å². The van der Waals surface area contributed by atoms with Gasteiger partial charge in [-0.05, 0) is 85.3 Å². The number of hydrogen-bond acceptors (Lipinski definition) is 6. The van der Waals surface area contributed by atoms with E-state index in [0.29, 0.717) is 25.2 Å². The number of aromatic amines is 1. The third kappa shape index (κ3) is 5.43. The Morgan fingerprint density at radius 2 is 1.80 bits per heavy atom. The number of ether oxygens (including phenoxy) is 1. The zero-order valence-corrected chi connectivity index (χ0v) is 21.4. The summed E-state index contributed by atoms with van der Waals surface area (Å²) in [6.45, 7) is 12.1. The molecule has 0 aliphatic carbocycles. The van der Waals surface area contributed by atoms with Crippen LogP contribution in [-0.4, -0.2) is 37.2 Å². The maximum Gasteiger partial charge on any atom is 0.252 e. The Hall–Kier alpha value is -3.52.